The molecule has 0 aliphatic heterocycles. The molecule has 10 heteroatoms. The second-order valence-electron chi connectivity index (χ2n) is 7.08. The van der Waals surface area contributed by atoms with Gasteiger partial charge in [0.1, 0.15) is 0 Å². The lowest BCUT2D eigenvalue weighted by molar-refractivity contribution is -0.142. The quantitative estimate of drug-likeness (QED) is 0.666. The lowest BCUT2D eigenvalue weighted by Crippen LogP contribution is -2.28. The summed E-state index contributed by atoms with van der Waals surface area (Å²) >= 11 is 3.06. The van der Waals surface area contributed by atoms with Gasteiger partial charge in [-0.2, -0.15) is 23.4 Å². The first kappa shape index (κ1) is 20.9. The number of hydrogen-bond donors (Lipinski definition) is 1. The van der Waals surface area contributed by atoms with Crippen molar-refractivity contribution in [1.82, 2.24) is 24.9 Å². The number of hydrogen-bond acceptors (Lipinski definition) is 3. The molecule has 0 aromatic carbocycles. The molecule has 1 fully saturated rings. The minimum absolute atomic E-state index is 0.00104. The normalized spacial score (nSPS) is 15.7. The van der Waals surface area contributed by atoms with E-state index in [4.69, 9.17) is 0 Å². The van der Waals surface area contributed by atoms with E-state index in [0.717, 1.165) is 30.6 Å². The average molecular weight is 462 g/mol. The Balaban J connectivity index is 1.67. The molecule has 3 rings (SSSR count). The third-order valence-corrected chi connectivity index (χ3v) is 5.78. The van der Waals surface area contributed by atoms with Gasteiger partial charge in [-0.15, -0.1) is 0 Å². The summed E-state index contributed by atoms with van der Waals surface area (Å²) in [6, 6.07) is -0.231. The molecule has 2 aromatic rings. The zero-order chi connectivity index (χ0) is 20.6. The van der Waals surface area contributed by atoms with Crippen LogP contribution in [0.2, 0.25) is 0 Å². The standard InChI is InChI=1S/C18H23BrF3N5O/c1-4-26-11(3)13(9-23-26)10(2)24-14(28)7-8-27-16(12-5-6-12)15(19)17(25-27)18(20,21)22/h9-10,12H,4-8H2,1-3H3,(H,24,28). The van der Waals surface area contributed by atoms with Crippen LogP contribution in [0.1, 0.15) is 67.7 Å². The molecular weight excluding hydrogens is 439 g/mol. The Morgan fingerprint density at radius 2 is 2.07 bits per heavy atom. The molecular formula is C18H23BrF3N5O. The van der Waals surface area contributed by atoms with Gasteiger partial charge >= 0.3 is 6.18 Å². The van der Waals surface area contributed by atoms with Crippen molar-refractivity contribution in [3.63, 3.8) is 0 Å². The van der Waals surface area contributed by atoms with E-state index in [2.05, 4.69) is 31.4 Å². The van der Waals surface area contributed by atoms with Crippen LogP contribution in [-0.2, 0) is 24.1 Å². The van der Waals surface area contributed by atoms with Crippen molar-refractivity contribution in [3.8, 4) is 0 Å². The number of carbonyl (C=O) groups excluding carboxylic acids is 1. The fourth-order valence-corrected chi connectivity index (χ4v) is 4.19. The molecule has 0 bridgehead atoms. The summed E-state index contributed by atoms with van der Waals surface area (Å²) in [6.07, 6.45) is -1.07. The highest BCUT2D eigenvalue weighted by Crippen LogP contribution is 2.47. The Morgan fingerprint density at radius 1 is 1.39 bits per heavy atom. The minimum atomic E-state index is -4.53. The van der Waals surface area contributed by atoms with Gasteiger partial charge in [-0.1, -0.05) is 0 Å². The zero-order valence-corrected chi connectivity index (χ0v) is 17.6. The van der Waals surface area contributed by atoms with Gasteiger partial charge in [-0.05, 0) is 49.5 Å². The predicted octanol–water partition coefficient (Wildman–Crippen LogP) is 4.33. The van der Waals surface area contributed by atoms with E-state index < -0.39 is 11.9 Å². The predicted molar refractivity (Wildman–Crippen MR) is 101 cm³/mol. The summed E-state index contributed by atoms with van der Waals surface area (Å²) < 4.78 is 42.7. The maximum atomic E-state index is 13.2. The minimum Gasteiger partial charge on any atom is -0.349 e. The Bertz CT molecular complexity index is 869. The van der Waals surface area contributed by atoms with Gasteiger partial charge in [0.2, 0.25) is 5.91 Å². The number of rotatable bonds is 7. The monoisotopic (exact) mass is 461 g/mol. The van der Waals surface area contributed by atoms with E-state index in [1.807, 2.05) is 25.5 Å². The van der Waals surface area contributed by atoms with Gasteiger partial charge < -0.3 is 5.32 Å². The Labute approximate surface area is 169 Å². The molecule has 6 nitrogen and oxygen atoms in total. The maximum Gasteiger partial charge on any atom is 0.436 e. The Morgan fingerprint density at radius 3 is 2.61 bits per heavy atom. The molecule has 0 saturated heterocycles. The van der Waals surface area contributed by atoms with E-state index in [1.54, 1.807) is 6.20 Å². The van der Waals surface area contributed by atoms with Gasteiger partial charge in [-0.3, -0.25) is 14.2 Å². The molecule has 2 heterocycles. The van der Waals surface area contributed by atoms with Crippen LogP contribution in [0.15, 0.2) is 10.7 Å². The van der Waals surface area contributed by atoms with Crippen LogP contribution in [0.5, 0.6) is 0 Å². The largest absolute Gasteiger partial charge is 0.436 e. The first-order valence-corrected chi connectivity index (χ1v) is 10.1. The molecule has 0 spiro atoms. The van der Waals surface area contributed by atoms with E-state index in [1.165, 1.54) is 4.68 Å². The average Bonchev–Trinajstić information content (AvgIpc) is 3.28. The lowest BCUT2D eigenvalue weighted by Gasteiger charge is -2.14. The van der Waals surface area contributed by atoms with Crippen LogP contribution in [0.4, 0.5) is 13.2 Å². The molecule has 1 aliphatic rings. The second kappa shape index (κ2) is 7.88. The number of carbonyl (C=O) groups is 1. The van der Waals surface area contributed by atoms with Crippen molar-refractivity contribution < 1.29 is 18.0 Å². The van der Waals surface area contributed by atoms with Gasteiger partial charge in [0.25, 0.3) is 0 Å². The summed E-state index contributed by atoms with van der Waals surface area (Å²) in [6.45, 7) is 6.64. The highest BCUT2D eigenvalue weighted by molar-refractivity contribution is 9.10. The molecule has 1 N–H and O–H groups in total. The third-order valence-electron chi connectivity index (χ3n) is 5.00. The van der Waals surface area contributed by atoms with Crippen LogP contribution in [0.25, 0.3) is 0 Å². The number of nitrogens with zero attached hydrogens (tertiary/aromatic N) is 4. The molecule has 1 aliphatic carbocycles. The van der Waals surface area contributed by atoms with Gasteiger partial charge in [-0.25, -0.2) is 0 Å². The number of aromatic nitrogens is 4. The Kier molecular flexibility index (Phi) is 5.88. The van der Waals surface area contributed by atoms with Crippen LogP contribution in [0, 0.1) is 6.92 Å². The highest BCUT2D eigenvalue weighted by atomic mass is 79.9. The van der Waals surface area contributed by atoms with Crippen molar-refractivity contribution in [1.29, 1.82) is 0 Å². The molecule has 154 valence electrons. The topological polar surface area (TPSA) is 64.7 Å². The summed E-state index contributed by atoms with van der Waals surface area (Å²) in [4.78, 5) is 12.4. The van der Waals surface area contributed by atoms with Crippen LogP contribution >= 0.6 is 15.9 Å². The highest BCUT2D eigenvalue weighted by Gasteiger charge is 2.41. The van der Waals surface area contributed by atoms with Crippen molar-refractivity contribution in [3.05, 3.63) is 33.3 Å². The second-order valence-corrected chi connectivity index (χ2v) is 7.88. The molecule has 1 atom stereocenters. The van der Waals surface area contributed by atoms with E-state index in [0.29, 0.717) is 5.69 Å². The number of amides is 1. The number of nitrogens with one attached hydrogen (secondary N) is 1. The van der Waals surface area contributed by atoms with E-state index in [9.17, 15) is 18.0 Å². The maximum absolute atomic E-state index is 13.2. The molecule has 1 unspecified atom stereocenters. The molecule has 2 aromatic heterocycles. The molecule has 0 radical (unpaired) electrons. The van der Waals surface area contributed by atoms with E-state index >= 15 is 0 Å². The number of aryl methyl sites for hydroxylation is 2. The van der Waals surface area contributed by atoms with Crippen LogP contribution in [0.3, 0.4) is 0 Å². The first-order chi connectivity index (χ1) is 13.1. The van der Waals surface area contributed by atoms with E-state index in [-0.39, 0.29) is 35.3 Å². The third kappa shape index (κ3) is 4.26. The summed E-state index contributed by atoms with van der Waals surface area (Å²) in [5.41, 5.74) is 1.52. The molecule has 28 heavy (non-hydrogen) atoms. The smallest absolute Gasteiger partial charge is 0.349 e. The van der Waals surface area contributed by atoms with Gasteiger partial charge in [0, 0.05) is 30.1 Å². The van der Waals surface area contributed by atoms with Crippen molar-refractivity contribution >= 4 is 21.8 Å². The van der Waals surface area contributed by atoms with Crippen LogP contribution in [-0.4, -0.2) is 25.5 Å². The van der Waals surface area contributed by atoms with Gasteiger partial charge in [0.15, 0.2) is 5.69 Å². The fourth-order valence-electron chi connectivity index (χ4n) is 3.36. The zero-order valence-electron chi connectivity index (χ0n) is 16.0. The van der Waals surface area contributed by atoms with Crippen molar-refractivity contribution in [2.45, 2.75) is 71.3 Å². The summed E-state index contributed by atoms with van der Waals surface area (Å²) in [5.74, 6) is -0.166. The molecule has 1 saturated carbocycles. The lowest BCUT2D eigenvalue weighted by atomic mass is 10.1. The Hall–Kier alpha value is -1.84. The van der Waals surface area contributed by atoms with Crippen molar-refractivity contribution in [2.24, 2.45) is 0 Å². The number of alkyl halides is 3. The summed E-state index contributed by atoms with van der Waals surface area (Å²) in [5, 5.41) is 10.9. The summed E-state index contributed by atoms with van der Waals surface area (Å²) in [7, 11) is 0. The molecule has 1 amide bonds. The van der Waals surface area contributed by atoms with Crippen molar-refractivity contribution in [2.75, 3.05) is 0 Å². The fraction of sp³-hybridized carbons (Fsp3) is 0.611. The number of halogens is 4. The van der Waals surface area contributed by atoms with Crippen LogP contribution < -0.4 is 5.32 Å². The van der Waals surface area contributed by atoms with Gasteiger partial charge in [0.05, 0.1) is 29.0 Å². The SMILES string of the molecule is CCn1ncc(C(C)NC(=O)CCn2nc(C(F)(F)F)c(Br)c2C2CC2)c1C. The first-order valence-electron chi connectivity index (χ1n) is 9.28.